The summed E-state index contributed by atoms with van der Waals surface area (Å²) in [5, 5.41) is 7.88. The summed E-state index contributed by atoms with van der Waals surface area (Å²) in [4.78, 5) is 13.6. The molecule has 7 heteroatoms. The highest BCUT2D eigenvalue weighted by atomic mass is 32.1. The summed E-state index contributed by atoms with van der Waals surface area (Å²) in [6, 6.07) is 14.7. The summed E-state index contributed by atoms with van der Waals surface area (Å²) >= 11 is 1.53. The van der Waals surface area contributed by atoms with Crippen molar-refractivity contribution in [3.8, 4) is 11.5 Å². The maximum Gasteiger partial charge on any atom is 0.316 e. The number of fused-ring (bicyclic) bond motifs is 1. The molecule has 1 aliphatic heterocycles. The third kappa shape index (κ3) is 3.94. The number of carbonyl (C=O) groups is 1. The average molecular weight is 398 g/mol. The third-order valence-corrected chi connectivity index (χ3v) is 5.49. The van der Waals surface area contributed by atoms with E-state index in [9.17, 15) is 9.18 Å². The first-order chi connectivity index (χ1) is 13.6. The van der Waals surface area contributed by atoms with E-state index < -0.39 is 0 Å². The fourth-order valence-corrected chi connectivity index (χ4v) is 3.87. The van der Waals surface area contributed by atoms with Crippen LogP contribution in [0.2, 0.25) is 0 Å². The van der Waals surface area contributed by atoms with Gasteiger partial charge in [-0.2, -0.15) is 0 Å². The molecule has 2 aromatic carbocycles. The Hall–Kier alpha value is -3.06. The molecule has 0 aliphatic carbocycles. The predicted octanol–water partition coefficient (Wildman–Crippen LogP) is 4.77. The number of ether oxygens (including phenoxy) is 2. The van der Waals surface area contributed by atoms with Crippen LogP contribution >= 0.6 is 11.3 Å². The van der Waals surface area contributed by atoms with Gasteiger partial charge in [0.15, 0.2) is 11.5 Å². The van der Waals surface area contributed by atoms with E-state index in [2.05, 4.69) is 10.6 Å². The van der Waals surface area contributed by atoms with Crippen molar-refractivity contribution < 1.29 is 18.7 Å². The fourth-order valence-electron chi connectivity index (χ4n) is 3.06. The van der Waals surface area contributed by atoms with Gasteiger partial charge in [0.05, 0.1) is 12.1 Å². The topological polar surface area (TPSA) is 59.6 Å². The predicted molar refractivity (Wildman–Crippen MR) is 105 cm³/mol. The first-order valence-electron chi connectivity index (χ1n) is 8.85. The number of hydrogen-bond donors (Lipinski definition) is 2. The molecule has 2 atom stereocenters. The van der Waals surface area contributed by atoms with Gasteiger partial charge in [-0.25, -0.2) is 9.18 Å². The highest BCUT2D eigenvalue weighted by Gasteiger charge is 2.20. The molecule has 2 heterocycles. The smallest absolute Gasteiger partial charge is 0.316 e. The lowest BCUT2D eigenvalue weighted by atomic mass is 10.1. The van der Waals surface area contributed by atoms with Gasteiger partial charge in [-0.3, -0.25) is 0 Å². The molecule has 28 heavy (non-hydrogen) atoms. The lowest BCUT2D eigenvalue weighted by Gasteiger charge is -2.21. The molecule has 0 saturated carbocycles. The molecule has 1 aromatic heterocycles. The van der Waals surface area contributed by atoms with Crippen LogP contribution in [0.5, 0.6) is 11.5 Å². The summed E-state index contributed by atoms with van der Waals surface area (Å²) in [5.74, 6) is 1.07. The van der Waals surface area contributed by atoms with Crippen molar-refractivity contribution >= 4 is 17.4 Å². The largest absolute Gasteiger partial charge is 0.454 e. The van der Waals surface area contributed by atoms with Crippen LogP contribution in [-0.2, 0) is 0 Å². The second-order valence-electron chi connectivity index (χ2n) is 6.45. The second kappa shape index (κ2) is 7.90. The summed E-state index contributed by atoms with van der Waals surface area (Å²) in [7, 11) is 0. The van der Waals surface area contributed by atoms with E-state index in [0.29, 0.717) is 11.5 Å². The van der Waals surface area contributed by atoms with Gasteiger partial charge >= 0.3 is 6.03 Å². The Morgan fingerprint density at radius 3 is 2.54 bits per heavy atom. The Labute approximate surface area is 166 Å². The monoisotopic (exact) mass is 398 g/mol. The highest BCUT2D eigenvalue weighted by molar-refractivity contribution is 7.10. The average Bonchev–Trinajstić information content (AvgIpc) is 3.38. The molecule has 2 N–H and O–H groups in total. The molecule has 2 amide bonds. The van der Waals surface area contributed by atoms with E-state index in [1.807, 2.05) is 42.6 Å². The maximum atomic E-state index is 13.3. The number of amides is 2. The number of halogens is 1. The lowest BCUT2D eigenvalue weighted by Crippen LogP contribution is -2.39. The minimum Gasteiger partial charge on any atom is -0.454 e. The van der Waals surface area contributed by atoms with E-state index >= 15 is 0 Å². The van der Waals surface area contributed by atoms with Gasteiger partial charge in [0.1, 0.15) is 5.82 Å². The summed E-state index contributed by atoms with van der Waals surface area (Å²) in [6.45, 7) is 2.11. The van der Waals surface area contributed by atoms with Crippen LogP contribution in [0, 0.1) is 5.82 Å². The van der Waals surface area contributed by atoms with E-state index in [-0.39, 0.29) is 30.7 Å². The SMILES string of the molecule is C[C@H](NC(=O)N[C@H](c1ccc(F)cc1)c1cccs1)c1ccc2c(c1)OCO2. The summed E-state index contributed by atoms with van der Waals surface area (Å²) in [6.07, 6.45) is 0. The van der Waals surface area contributed by atoms with E-state index in [1.165, 1.54) is 23.5 Å². The normalized spacial score (nSPS) is 14.4. The second-order valence-corrected chi connectivity index (χ2v) is 7.43. The van der Waals surface area contributed by atoms with Gasteiger partial charge in [-0.1, -0.05) is 24.3 Å². The van der Waals surface area contributed by atoms with Gasteiger partial charge in [0.2, 0.25) is 6.79 Å². The lowest BCUT2D eigenvalue weighted by molar-refractivity contribution is 0.174. The summed E-state index contributed by atoms with van der Waals surface area (Å²) < 4.78 is 24.0. The van der Waals surface area contributed by atoms with Crippen molar-refractivity contribution in [2.75, 3.05) is 6.79 Å². The zero-order valence-corrected chi connectivity index (χ0v) is 16.0. The number of hydrogen-bond acceptors (Lipinski definition) is 4. The third-order valence-electron chi connectivity index (χ3n) is 4.55. The molecule has 144 valence electrons. The number of carbonyl (C=O) groups excluding carboxylic acids is 1. The van der Waals surface area contributed by atoms with Crippen molar-refractivity contribution in [2.24, 2.45) is 0 Å². The van der Waals surface area contributed by atoms with Crippen LogP contribution in [0.4, 0.5) is 9.18 Å². The van der Waals surface area contributed by atoms with Gasteiger partial charge in [-0.15, -0.1) is 11.3 Å². The quantitative estimate of drug-likeness (QED) is 0.651. The molecule has 4 rings (SSSR count). The maximum absolute atomic E-state index is 13.3. The Bertz CT molecular complexity index is 960. The molecule has 5 nitrogen and oxygen atoms in total. The van der Waals surface area contributed by atoms with Gasteiger partial charge in [0, 0.05) is 4.88 Å². The molecule has 0 spiro atoms. The van der Waals surface area contributed by atoms with Crippen molar-refractivity contribution in [1.82, 2.24) is 10.6 Å². The molecule has 1 aliphatic rings. The fraction of sp³-hybridized carbons (Fsp3) is 0.190. The molecular weight excluding hydrogens is 379 g/mol. The van der Waals surface area contributed by atoms with Gasteiger partial charge < -0.3 is 20.1 Å². The molecular formula is C21H19FN2O3S. The Morgan fingerprint density at radius 1 is 1.04 bits per heavy atom. The molecule has 0 fully saturated rings. The van der Waals surface area contributed by atoms with E-state index in [1.54, 1.807) is 12.1 Å². The van der Waals surface area contributed by atoms with Gasteiger partial charge in [-0.05, 0) is 53.8 Å². The number of benzene rings is 2. The van der Waals surface area contributed by atoms with Crippen molar-refractivity contribution in [3.63, 3.8) is 0 Å². The molecule has 3 aromatic rings. The van der Waals surface area contributed by atoms with Gasteiger partial charge in [0.25, 0.3) is 0 Å². The number of nitrogens with one attached hydrogen (secondary N) is 2. The first-order valence-corrected chi connectivity index (χ1v) is 9.73. The van der Waals surface area contributed by atoms with Crippen molar-refractivity contribution in [2.45, 2.75) is 19.0 Å². The van der Waals surface area contributed by atoms with Crippen LogP contribution in [-0.4, -0.2) is 12.8 Å². The minimum atomic E-state index is -0.357. The molecule has 0 saturated heterocycles. The molecule has 0 bridgehead atoms. The summed E-state index contributed by atoms with van der Waals surface area (Å²) in [5.41, 5.74) is 1.73. The van der Waals surface area contributed by atoms with Crippen LogP contribution in [0.1, 0.15) is 35.0 Å². The van der Waals surface area contributed by atoms with E-state index in [0.717, 1.165) is 16.0 Å². The number of urea groups is 1. The first kappa shape index (κ1) is 18.3. The van der Waals surface area contributed by atoms with Crippen LogP contribution in [0.25, 0.3) is 0 Å². The highest BCUT2D eigenvalue weighted by Crippen LogP contribution is 2.34. The zero-order valence-electron chi connectivity index (χ0n) is 15.1. The van der Waals surface area contributed by atoms with E-state index in [4.69, 9.17) is 9.47 Å². The van der Waals surface area contributed by atoms with Crippen LogP contribution < -0.4 is 20.1 Å². The van der Waals surface area contributed by atoms with Crippen molar-refractivity contribution in [1.29, 1.82) is 0 Å². The standard InChI is InChI=1S/C21H19FN2O3S/c1-13(15-6-9-17-18(11-15)27-12-26-17)23-21(25)24-20(19-3-2-10-28-19)14-4-7-16(22)8-5-14/h2-11,13,20H,12H2,1H3,(H2,23,24,25)/t13-,20+/m0/s1. The van der Waals surface area contributed by atoms with Crippen molar-refractivity contribution in [3.05, 3.63) is 81.8 Å². The number of thiophene rings is 1. The zero-order chi connectivity index (χ0) is 19.5. The van der Waals surface area contributed by atoms with Crippen LogP contribution in [0.15, 0.2) is 60.0 Å². The minimum absolute atomic E-state index is 0.210. The number of rotatable bonds is 5. The van der Waals surface area contributed by atoms with Crippen LogP contribution in [0.3, 0.4) is 0 Å². The Kier molecular flexibility index (Phi) is 5.16. The Morgan fingerprint density at radius 2 is 1.79 bits per heavy atom. The Balaban J connectivity index is 1.47. The molecule has 0 radical (unpaired) electrons. The molecule has 0 unspecified atom stereocenters.